The molecule has 0 radical (unpaired) electrons. The van der Waals surface area contributed by atoms with E-state index in [1.807, 2.05) is 0 Å². The van der Waals surface area contributed by atoms with Gasteiger partial charge in [-0.05, 0) is 49.9 Å². The summed E-state index contributed by atoms with van der Waals surface area (Å²) in [7, 11) is 1.47. The van der Waals surface area contributed by atoms with Crippen molar-refractivity contribution in [2.24, 2.45) is 0 Å². The van der Waals surface area contributed by atoms with Gasteiger partial charge in [0.2, 0.25) is 5.91 Å². The van der Waals surface area contributed by atoms with E-state index in [0.29, 0.717) is 17.2 Å². The fraction of sp³-hybridized carbons (Fsp3) is 0.500. The standard InChI is InChI=1S/C20H25N5O3/c1-28-12-18(26)21-15-6-4-14(5-7-15)20(27)22-16-8-9-17-23-24-19(13-2-3-13)25(17)11-10-16/h4-7,13,16H,2-3,8-12H2,1H3,(H,21,26)(H,22,27). The molecular weight excluding hydrogens is 358 g/mol. The van der Waals surface area contributed by atoms with Crippen molar-refractivity contribution in [1.82, 2.24) is 20.1 Å². The molecule has 2 aliphatic rings. The zero-order valence-electron chi connectivity index (χ0n) is 16.0. The van der Waals surface area contributed by atoms with E-state index in [9.17, 15) is 9.59 Å². The van der Waals surface area contributed by atoms with Crippen LogP contribution in [-0.4, -0.2) is 46.3 Å². The number of nitrogens with one attached hydrogen (secondary N) is 2. The van der Waals surface area contributed by atoms with Crippen LogP contribution in [0, 0.1) is 0 Å². The Labute approximate surface area is 163 Å². The van der Waals surface area contributed by atoms with Crippen LogP contribution in [0.4, 0.5) is 5.69 Å². The summed E-state index contributed by atoms with van der Waals surface area (Å²) in [5.74, 6) is 2.41. The van der Waals surface area contributed by atoms with Crippen LogP contribution in [0.25, 0.3) is 0 Å². The summed E-state index contributed by atoms with van der Waals surface area (Å²) in [6.45, 7) is 0.850. The molecule has 4 rings (SSSR count). The molecular formula is C20H25N5O3. The van der Waals surface area contributed by atoms with Gasteiger partial charge in [0.05, 0.1) is 0 Å². The molecule has 0 bridgehead atoms. The summed E-state index contributed by atoms with van der Waals surface area (Å²) < 4.78 is 7.04. The molecule has 1 aliphatic heterocycles. The molecule has 1 atom stereocenters. The van der Waals surface area contributed by atoms with E-state index in [2.05, 4.69) is 25.4 Å². The van der Waals surface area contributed by atoms with E-state index in [-0.39, 0.29) is 24.5 Å². The van der Waals surface area contributed by atoms with E-state index in [0.717, 1.165) is 37.5 Å². The highest BCUT2D eigenvalue weighted by molar-refractivity contribution is 5.96. The first-order valence-electron chi connectivity index (χ1n) is 9.75. The van der Waals surface area contributed by atoms with E-state index >= 15 is 0 Å². The maximum atomic E-state index is 12.6. The molecule has 8 nitrogen and oxygen atoms in total. The van der Waals surface area contributed by atoms with Gasteiger partial charge in [-0.15, -0.1) is 10.2 Å². The van der Waals surface area contributed by atoms with Crippen molar-refractivity contribution in [2.45, 2.75) is 50.6 Å². The number of amides is 2. The van der Waals surface area contributed by atoms with Crippen LogP contribution in [0.3, 0.4) is 0 Å². The number of aromatic nitrogens is 3. The van der Waals surface area contributed by atoms with Crippen molar-refractivity contribution >= 4 is 17.5 Å². The van der Waals surface area contributed by atoms with Crippen LogP contribution in [0.2, 0.25) is 0 Å². The number of benzene rings is 1. The van der Waals surface area contributed by atoms with Gasteiger partial charge in [0.1, 0.15) is 18.3 Å². The van der Waals surface area contributed by atoms with Crippen LogP contribution in [0.1, 0.15) is 53.6 Å². The number of carbonyl (C=O) groups is 2. The Bertz CT molecular complexity index is 857. The highest BCUT2D eigenvalue weighted by atomic mass is 16.5. The third-order valence-corrected chi connectivity index (χ3v) is 5.26. The second-order valence-corrected chi connectivity index (χ2v) is 7.46. The lowest BCUT2D eigenvalue weighted by molar-refractivity contribution is -0.119. The maximum Gasteiger partial charge on any atom is 0.251 e. The SMILES string of the molecule is COCC(=O)Nc1ccc(C(=O)NC2CCc3nnc(C4CC4)n3CC2)cc1. The van der Waals surface area contributed by atoms with Gasteiger partial charge in [-0.2, -0.15) is 0 Å². The number of anilines is 1. The molecule has 1 unspecified atom stereocenters. The number of ether oxygens (including phenoxy) is 1. The van der Waals surface area contributed by atoms with Crippen molar-refractivity contribution in [3.8, 4) is 0 Å². The Morgan fingerprint density at radius 1 is 1.14 bits per heavy atom. The predicted octanol–water partition coefficient (Wildman–Crippen LogP) is 1.88. The van der Waals surface area contributed by atoms with Gasteiger partial charge in [-0.25, -0.2) is 0 Å². The Morgan fingerprint density at radius 3 is 2.64 bits per heavy atom. The summed E-state index contributed by atoms with van der Waals surface area (Å²) in [4.78, 5) is 24.1. The fourth-order valence-corrected chi connectivity index (χ4v) is 3.60. The molecule has 148 valence electrons. The van der Waals surface area contributed by atoms with Gasteiger partial charge >= 0.3 is 0 Å². The third kappa shape index (κ3) is 4.22. The number of hydrogen-bond acceptors (Lipinski definition) is 5. The molecule has 2 heterocycles. The molecule has 1 saturated carbocycles. The number of methoxy groups -OCH3 is 1. The maximum absolute atomic E-state index is 12.6. The van der Waals surface area contributed by atoms with Gasteiger partial charge < -0.3 is 19.9 Å². The molecule has 28 heavy (non-hydrogen) atoms. The topological polar surface area (TPSA) is 98.1 Å². The highest BCUT2D eigenvalue weighted by Gasteiger charge is 2.31. The Morgan fingerprint density at radius 2 is 1.93 bits per heavy atom. The van der Waals surface area contributed by atoms with Gasteiger partial charge in [-0.3, -0.25) is 9.59 Å². The number of aryl methyl sites for hydroxylation is 1. The first-order valence-corrected chi connectivity index (χ1v) is 9.75. The minimum absolute atomic E-state index is 0.000599. The smallest absolute Gasteiger partial charge is 0.251 e. The van der Waals surface area contributed by atoms with E-state index in [4.69, 9.17) is 4.74 Å². The Kier molecular flexibility index (Phi) is 5.38. The highest BCUT2D eigenvalue weighted by Crippen LogP contribution is 2.39. The molecule has 0 spiro atoms. The van der Waals surface area contributed by atoms with Crippen molar-refractivity contribution in [2.75, 3.05) is 19.0 Å². The van der Waals surface area contributed by atoms with Crippen LogP contribution in [0.5, 0.6) is 0 Å². The van der Waals surface area contributed by atoms with Gasteiger partial charge in [0.25, 0.3) is 5.91 Å². The largest absolute Gasteiger partial charge is 0.375 e. The zero-order chi connectivity index (χ0) is 19.5. The van der Waals surface area contributed by atoms with Crippen molar-refractivity contribution in [1.29, 1.82) is 0 Å². The van der Waals surface area contributed by atoms with Gasteiger partial charge in [-0.1, -0.05) is 0 Å². The predicted molar refractivity (Wildman–Crippen MR) is 103 cm³/mol. The summed E-state index contributed by atoms with van der Waals surface area (Å²) in [5.41, 5.74) is 1.21. The summed E-state index contributed by atoms with van der Waals surface area (Å²) in [6, 6.07) is 6.99. The third-order valence-electron chi connectivity index (χ3n) is 5.26. The summed E-state index contributed by atoms with van der Waals surface area (Å²) in [5, 5.41) is 14.6. The van der Waals surface area contributed by atoms with Crippen LogP contribution < -0.4 is 10.6 Å². The molecule has 2 amide bonds. The molecule has 1 aromatic heterocycles. The van der Waals surface area contributed by atoms with E-state index < -0.39 is 0 Å². The van der Waals surface area contributed by atoms with Crippen molar-refractivity contribution in [3.63, 3.8) is 0 Å². The summed E-state index contributed by atoms with van der Waals surface area (Å²) >= 11 is 0. The van der Waals surface area contributed by atoms with Crippen LogP contribution >= 0.6 is 0 Å². The quantitative estimate of drug-likeness (QED) is 0.794. The number of fused-ring (bicyclic) bond motifs is 1. The number of rotatable bonds is 6. The average Bonchev–Trinajstić information content (AvgIpc) is 3.48. The zero-order valence-corrected chi connectivity index (χ0v) is 16.0. The van der Waals surface area contributed by atoms with E-state index in [1.165, 1.54) is 20.0 Å². The minimum atomic E-state index is -0.226. The first kappa shape index (κ1) is 18.6. The van der Waals surface area contributed by atoms with E-state index in [1.54, 1.807) is 24.3 Å². The average molecular weight is 383 g/mol. The fourth-order valence-electron chi connectivity index (χ4n) is 3.60. The Hall–Kier alpha value is -2.74. The molecule has 1 aromatic carbocycles. The summed E-state index contributed by atoms with van der Waals surface area (Å²) in [6.07, 6.45) is 4.98. The Balaban J connectivity index is 1.33. The molecule has 2 N–H and O–H groups in total. The van der Waals surface area contributed by atoms with Crippen LogP contribution in [0.15, 0.2) is 24.3 Å². The molecule has 1 aliphatic carbocycles. The molecule has 1 fully saturated rings. The second-order valence-electron chi connectivity index (χ2n) is 7.46. The lowest BCUT2D eigenvalue weighted by Gasteiger charge is -2.16. The second kappa shape index (κ2) is 8.10. The first-order chi connectivity index (χ1) is 13.6. The minimum Gasteiger partial charge on any atom is -0.375 e. The van der Waals surface area contributed by atoms with Gasteiger partial charge in [0.15, 0.2) is 0 Å². The normalized spacial score (nSPS) is 18.8. The monoisotopic (exact) mass is 383 g/mol. The van der Waals surface area contributed by atoms with Gasteiger partial charge in [0, 0.05) is 43.3 Å². The van der Waals surface area contributed by atoms with Crippen LogP contribution in [-0.2, 0) is 22.5 Å². The number of nitrogens with zero attached hydrogens (tertiary/aromatic N) is 3. The van der Waals surface area contributed by atoms with Crippen molar-refractivity contribution in [3.05, 3.63) is 41.5 Å². The molecule has 2 aromatic rings. The number of carbonyl (C=O) groups excluding carboxylic acids is 2. The lowest BCUT2D eigenvalue weighted by atomic mass is 10.1. The molecule has 0 saturated heterocycles. The number of hydrogen-bond donors (Lipinski definition) is 2. The lowest BCUT2D eigenvalue weighted by Crippen LogP contribution is -2.35. The molecule has 8 heteroatoms. The van der Waals surface area contributed by atoms with Crippen molar-refractivity contribution < 1.29 is 14.3 Å².